The summed E-state index contributed by atoms with van der Waals surface area (Å²) in [6.07, 6.45) is 3.77. The van der Waals surface area contributed by atoms with E-state index in [-0.39, 0.29) is 18.3 Å². The summed E-state index contributed by atoms with van der Waals surface area (Å²) in [7, 11) is 5.45. The minimum Gasteiger partial charge on any atom is -0.376 e. The first-order chi connectivity index (χ1) is 21.8. The van der Waals surface area contributed by atoms with E-state index in [4.69, 9.17) is 14.2 Å². The normalized spacial score (nSPS) is 24.4. The van der Waals surface area contributed by atoms with E-state index in [1.165, 1.54) is 60.5 Å². The van der Waals surface area contributed by atoms with E-state index in [0.29, 0.717) is 17.8 Å². The number of anilines is 3. The van der Waals surface area contributed by atoms with Crippen LogP contribution in [0.2, 0.25) is 0 Å². The molecular weight excluding hydrogens is 622 g/mol. The quantitative estimate of drug-likeness (QED) is 0.205. The lowest BCUT2D eigenvalue weighted by molar-refractivity contribution is 0.0695. The highest BCUT2D eigenvalue weighted by Crippen LogP contribution is 2.50. The molecule has 45 heavy (non-hydrogen) atoms. The summed E-state index contributed by atoms with van der Waals surface area (Å²) in [6.45, 7) is 8.96. The molecule has 4 nitrogen and oxygen atoms in total. The molecule has 0 saturated carbocycles. The van der Waals surface area contributed by atoms with Gasteiger partial charge in [0.25, 0.3) is 0 Å². The second-order valence-electron chi connectivity index (χ2n) is 13.2. The molecule has 3 aliphatic carbocycles. The largest absolute Gasteiger partial charge is 0.376 e. The molecule has 7 rings (SSSR count). The Labute approximate surface area is 277 Å². The van der Waals surface area contributed by atoms with E-state index in [9.17, 15) is 0 Å². The SMILES string of the molecule is COC1c2cccc(Br)c2CC1C.COC1c2cccc(N(c3ccc(C)cc3)c3cccc4c3CC(C)C4OC)c2CC1C. The summed E-state index contributed by atoms with van der Waals surface area (Å²) in [6, 6.07) is 28.6. The maximum Gasteiger partial charge on any atom is 0.0853 e. The van der Waals surface area contributed by atoms with Gasteiger partial charge in [0, 0.05) is 42.9 Å². The number of aryl methyl sites for hydroxylation is 1. The fraction of sp³-hybridized carbons (Fsp3) is 0.400. The van der Waals surface area contributed by atoms with Crippen molar-refractivity contribution in [1.29, 1.82) is 0 Å². The van der Waals surface area contributed by atoms with Gasteiger partial charge in [-0.15, -0.1) is 0 Å². The van der Waals surface area contributed by atoms with Crippen LogP contribution in [-0.4, -0.2) is 21.3 Å². The Morgan fingerprint density at radius 3 is 1.40 bits per heavy atom. The third-order valence-electron chi connectivity index (χ3n) is 10.1. The van der Waals surface area contributed by atoms with Gasteiger partial charge < -0.3 is 19.1 Å². The molecule has 0 radical (unpaired) electrons. The van der Waals surface area contributed by atoms with Crippen LogP contribution in [0.4, 0.5) is 17.1 Å². The molecule has 4 aromatic carbocycles. The summed E-state index contributed by atoms with van der Waals surface area (Å²) in [5.74, 6) is 1.53. The van der Waals surface area contributed by atoms with Crippen molar-refractivity contribution >= 4 is 33.0 Å². The Kier molecular flexibility index (Phi) is 9.54. The molecule has 6 atom stereocenters. The molecule has 0 heterocycles. The number of halogens is 1. The third kappa shape index (κ3) is 5.89. The molecular formula is C40H46BrNO3. The zero-order valence-electron chi connectivity index (χ0n) is 27.6. The minimum absolute atomic E-state index is 0.157. The standard InChI is InChI=1S/C29H33NO2.C11H13BrO/c1-18-12-14-21(15-13-18)30(26-10-6-8-22-24(26)16-19(2)28(22)31-4)27-11-7-9-23-25(27)17-20(3)29(23)32-5;1-7-6-9-8(11(7)13-2)4-3-5-10(9)12/h6-15,19-20,28-29H,16-17H2,1-5H3;3-5,7,11H,6H2,1-2H3. The van der Waals surface area contributed by atoms with Crippen molar-refractivity contribution in [1.82, 2.24) is 0 Å². The van der Waals surface area contributed by atoms with Gasteiger partial charge in [0.15, 0.2) is 0 Å². The predicted molar refractivity (Wildman–Crippen MR) is 188 cm³/mol. The number of nitrogens with zero attached hydrogens (tertiary/aromatic N) is 1. The van der Waals surface area contributed by atoms with Crippen molar-refractivity contribution in [2.45, 2.75) is 65.3 Å². The molecule has 0 bridgehead atoms. The summed E-state index contributed by atoms with van der Waals surface area (Å²) < 4.78 is 18.5. The van der Waals surface area contributed by atoms with Crippen molar-refractivity contribution in [2.24, 2.45) is 17.8 Å². The molecule has 0 amide bonds. The monoisotopic (exact) mass is 667 g/mol. The summed E-state index contributed by atoms with van der Waals surface area (Å²) in [5.41, 5.74) is 13.2. The maximum atomic E-state index is 5.89. The fourth-order valence-corrected chi connectivity index (χ4v) is 8.57. The number of rotatable bonds is 6. The van der Waals surface area contributed by atoms with Crippen molar-refractivity contribution in [2.75, 3.05) is 26.2 Å². The first-order valence-electron chi connectivity index (χ1n) is 16.2. The van der Waals surface area contributed by atoms with Crippen LogP contribution in [0.1, 0.15) is 78.0 Å². The second kappa shape index (κ2) is 13.4. The summed E-state index contributed by atoms with van der Waals surface area (Å²) in [4.78, 5) is 2.46. The molecule has 4 aromatic rings. The number of ether oxygens (including phenoxy) is 3. The zero-order chi connectivity index (χ0) is 31.8. The van der Waals surface area contributed by atoms with E-state index in [1.54, 1.807) is 7.11 Å². The van der Waals surface area contributed by atoms with E-state index < -0.39 is 0 Å². The van der Waals surface area contributed by atoms with Crippen LogP contribution >= 0.6 is 15.9 Å². The van der Waals surface area contributed by atoms with Gasteiger partial charge in [0.2, 0.25) is 0 Å². The molecule has 0 aromatic heterocycles. The van der Waals surface area contributed by atoms with Gasteiger partial charge in [-0.2, -0.15) is 0 Å². The average Bonchev–Trinajstić information content (AvgIpc) is 3.67. The average molecular weight is 669 g/mol. The molecule has 0 spiro atoms. The zero-order valence-corrected chi connectivity index (χ0v) is 29.2. The number of benzene rings is 4. The van der Waals surface area contributed by atoms with E-state index >= 15 is 0 Å². The van der Waals surface area contributed by atoms with Crippen molar-refractivity contribution < 1.29 is 14.2 Å². The summed E-state index contributed by atoms with van der Waals surface area (Å²) >= 11 is 3.58. The molecule has 0 saturated heterocycles. The van der Waals surface area contributed by atoms with Crippen molar-refractivity contribution in [3.63, 3.8) is 0 Å². The molecule has 6 unspecified atom stereocenters. The van der Waals surface area contributed by atoms with E-state index in [0.717, 1.165) is 19.3 Å². The highest BCUT2D eigenvalue weighted by molar-refractivity contribution is 9.10. The van der Waals surface area contributed by atoms with Crippen LogP contribution in [0.15, 0.2) is 83.3 Å². The van der Waals surface area contributed by atoms with Gasteiger partial charge in [-0.05, 0) is 108 Å². The second-order valence-corrected chi connectivity index (χ2v) is 14.0. The van der Waals surface area contributed by atoms with Crippen LogP contribution in [0.25, 0.3) is 0 Å². The lowest BCUT2D eigenvalue weighted by Gasteiger charge is -2.30. The number of hydrogen-bond acceptors (Lipinski definition) is 4. The molecule has 5 heteroatoms. The number of fused-ring (bicyclic) bond motifs is 3. The number of methoxy groups -OCH3 is 3. The molecule has 3 aliphatic rings. The fourth-order valence-electron chi connectivity index (χ4n) is 8.02. The highest BCUT2D eigenvalue weighted by Gasteiger charge is 2.36. The smallest absolute Gasteiger partial charge is 0.0853 e. The van der Waals surface area contributed by atoms with Gasteiger partial charge in [-0.25, -0.2) is 0 Å². The van der Waals surface area contributed by atoms with Gasteiger partial charge in [0.1, 0.15) is 0 Å². The molecule has 0 fully saturated rings. The predicted octanol–water partition coefficient (Wildman–Crippen LogP) is 10.6. The third-order valence-corrected chi connectivity index (χ3v) is 10.9. The van der Waals surface area contributed by atoms with E-state index in [2.05, 4.69) is 127 Å². The first-order valence-corrected chi connectivity index (χ1v) is 17.0. The highest BCUT2D eigenvalue weighted by atomic mass is 79.9. The van der Waals surface area contributed by atoms with E-state index in [1.807, 2.05) is 14.2 Å². The lowest BCUT2D eigenvalue weighted by atomic mass is 10.0. The van der Waals surface area contributed by atoms with Gasteiger partial charge in [0.05, 0.1) is 18.3 Å². The maximum absolute atomic E-state index is 5.89. The van der Waals surface area contributed by atoms with Crippen molar-refractivity contribution in [3.05, 3.63) is 122 Å². The van der Waals surface area contributed by atoms with Crippen LogP contribution in [0, 0.1) is 24.7 Å². The summed E-state index contributed by atoms with van der Waals surface area (Å²) in [5, 5.41) is 0. The van der Waals surface area contributed by atoms with Crippen molar-refractivity contribution in [3.8, 4) is 0 Å². The van der Waals surface area contributed by atoms with Gasteiger partial charge in [-0.1, -0.05) is 90.8 Å². The topological polar surface area (TPSA) is 30.9 Å². The Morgan fingerprint density at radius 1 is 0.556 bits per heavy atom. The molecule has 0 N–H and O–H groups in total. The Morgan fingerprint density at radius 2 is 0.956 bits per heavy atom. The Balaban J connectivity index is 0.000000229. The van der Waals surface area contributed by atoms with Crippen LogP contribution in [0.3, 0.4) is 0 Å². The van der Waals surface area contributed by atoms with Crippen LogP contribution in [0.5, 0.6) is 0 Å². The first kappa shape index (κ1) is 32.0. The molecule has 0 aliphatic heterocycles. The van der Waals surface area contributed by atoms with Crippen LogP contribution < -0.4 is 4.90 Å². The number of hydrogen-bond donors (Lipinski definition) is 0. The minimum atomic E-state index is 0.157. The van der Waals surface area contributed by atoms with Gasteiger partial charge >= 0.3 is 0 Å². The molecule has 236 valence electrons. The van der Waals surface area contributed by atoms with Gasteiger partial charge in [-0.3, -0.25) is 0 Å². The Hall–Kier alpha value is -2.96. The van der Waals surface area contributed by atoms with Crippen LogP contribution in [-0.2, 0) is 33.5 Å². The Bertz CT molecular complexity index is 1580. The lowest BCUT2D eigenvalue weighted by Crippen LogP contribution is -2.14.